The monoisotopic (exact) mass is 338 g/mol. The smallest absolute Gasteiger partial charge is 0.249 e. The average molecular weight is 338 g/mol. The topological polar surface area (TPSA) is 52.6 Å². The number of hydrogen-bond donors (Lipinski definition) is 2. The molecule has 1 amide bonds. The maximum absolute atomic E-state index is 13.2. The molecule has 1 saturated carbocycles. The molecule has 2 N–H and O–H groups in total. The molecule has 1 aliphatic carbocycles. The first kappa shape index (κ1) is 17.3. The molecule has 3 rings (SSSR count). The number of amides is 1. The van der Waals surface area contributed by atoms with Gasteiger partial charge >= 0.3 is 0 Å². The van der Waals surface area contributed by atoms with Crippen LogP contribution in [0.2, 0.25) is 0 Å². The van der Waals surface area contributed by atoms with Crippen molar-refractivity contribution in [1.82, 2.24) is 10.2 Å². The number of benzene rings is 1. The zero-order chi connectivity index (χ0) is 17.1. The minimum atomic E-state index is -0.918. The number of rotatable bonds is 6. The van der Waals surface area contributed by atoms with Crippen molar-refractivity contribution in [2.24, 2.45) is 5.92 Å². The third-order valence-corrected chi connectivity index (χ3v) is 4.97. The van der Waals surface area contributed by atoms with Gasteiger partial charge in [0.15, 0.2) is 11.6 Å². The molecule has 1 atom stereocenters. The number of piperidine rings is 1. The highest BCUT2D eigenvalue weighted by atomic mass is 19.2. The number of nitrogens with zero attached hydrogens (tertiary/aromatic N) is 1. The minimum absolute atomic E-state index is 0.00302. The van der Waals surface area contributed by atoms with Crippen LogP contribution in [0.15, 0.2) is 18.2 Å². The second kappa shape index (κ2) is 7.57. The van der Waals surface area contributed by atoms with E-state index in [9.17, 15) is 18.7 Å². The van der Waals surface area contributed by atoms with E-state index in [4.69, 9.17) is 0 Å². The fourth-order valence-corrected chi connectivity index (χ4v) is 3.20. The van der Waals surface area contributed by atoms with Gasteiger partial charge in [-0.2, -0.15) is 0 Å². The summed E-state index contributed by atoms with van der Waals surface area (Å²) in [5.74, 6) is -1.87. The molecule has 1 aromatic carbocycles. The van der Waals surface area contributed by atoms with E-state index in [0.717, 1.165) is 56.9 Å². The summed E-state index contributed by atoms with van der Waals surface area (Å²) in [4.78, 5) is 14.1. The Kier molecular flexibility index (Phi) is 5.46. The minimum Gasteiger partial charge on any atom is -0.383 e. The maximum atomic E-state index is 13.2. The molecular weight excluding hydrogens is 314 g/mol. The summed E-state index contributed by atoms with van der Waals surface area (Å²) in [5.41, 5.74) is 0.778. The molecule has 0 bridgehead atoms. The van der Waals surface area contributed by atoms with Gasteiger partial charge in [0.2, 0.25) is 5.91 Å². The van der Waals surface area contributed by atoms with Gasteiger partial charge in [0, 0.05) is 12.6 Å². The van der Waals surface area contributed by atoms with Crippen LogP contribution in [0, 0.1) is 17.6 Å². The van der Waals surface area contributed by atoms with Crippen LogP contribution < -0.4 is 5.32 Å². The molecule has 1 saturated heterocycles. The van der Waals surface area contributed by atoms with Crippen LogP contribution in [0.25, 0.3) is 0 Å². The van der Waals surface area contributed by atoms with Crippen LogP contribution in [0.3, 0.4) is 0 Å². The van der Waals surface area contributed by atoms with Crippen molar-refractivity contribution in [3.63, 3.8) is 0 Å². The lowest BCUT2D eigenvalue weighted by Crippen LogP contribution is -2.45. The molecule has 0 radical (unpaired) electrons. The zero-order valence-corrected chi connectivity index (χ0v) is 13.7. The van der Waals surface area contributed by atoms with E-state index in [-0.39, 0.29) is 17.9 Å². The quantitative estimate of drug-likeness (QED) is 0.832. The molecule has 2 aliphatic rings. The summed E-state index contributed by atoms with van der Waals surface area (Å²) in [6.07, 6.45) is 3.32. The lowest BCUT2D eigenvalue weighted by Gasteiger charge is -2.33. The first-order chi connectivity index (χ1) is 11.5. The fourth-order valence-electron chi connectivity index (χ4n) is 3.20. The number of nitrogens with one attached hydrogen (secondary N) is 1. The highest BCUT2D eigenvalue weighted by Crippen LogP contribution is 2.23. The summed E-state index contributed by atoms with van der Waals surface area (Å²) in [5, 5.41) is 13.0. The normalized spacial score (nSPS) is 20.8. The highest BCUT2D eigenvalue weighted by Gasteiger charge is 2.32. The van der Waals surface area contributed by atoms with Crippen LogP contribution in [0.5, 0.6) is 0 Å². The van der Waals surface area contributed by atoms with Crippen molar-refractivity contribution in [2.45, 2.75) is 44.2 Å². The van der Waals surface area contributed by atoms with Crippen LogP contribution in [0.4, 0.5) is 8.78 Å². The van der Waals surface area contributed by atoms with Crippen LogP contribution in [-0.4, -0.2) is 47.7 Å². The lowest BCUT2D eigenvalue weighted by molar-refractivity contribution is -0.133. The Labute approximate surface area is 140 Å². The van der Waals surface area contributed by atoms with Gasteiger partial charge in [0.05, 0.1) is 0 Å². The summed E-state index contributed by atoms with van der Waals surface area (Å²) in [6.45, 7) is 2.38. The van der Waals surface area contributed by atoms with Crippen molar-refractivity contribution in [3.05, 3.63) is 35.4 Å². The predicted octanol–water partition coefficient (Wildman–Crippen LogP) is 1.86. The van der Waals surface area contributed by atoms with Gasteiger partial charge in [-0.05, 0) is 68.8 Å². The molecule has 1 aromatic rings. The third-order valence-electron chi connectivity index (χ3n) is 4.97. The summed E-state index contributed by atoms with van der Waals surface area (Å²) in [6, 6.07) is 4.28. The van der Waals surface area contributed by atoms with Crippen LogP contribution in [0.1, 0.15) is 31.2 Å². The molecule has 132 valence electrons. The van der Waals surface area contributed by atoms with Gasteiger partial charge in [-0.25, -0.2) is 8.78 Å². The molecule has 0 aromatic heterocycles. The predicted molar refractivity (Wildman–Crippen MR) is 86.4 cm³/mol. The third kappa shape index (κ3) is 4.51. The fraction of sp³-hybridized carbons (Fsp3) is 0.611. The number of likely N-dealkylation sites (tertiary alicyclic amines) is 1. The average Bonchev–Trinajstić information content (AvgIpc) is 3.39. The van der Waals surface area contributed by atoms with Crippen molar-refractivity contribution in [3.8, 4) is 0 Å². The highest BCUT2D eigenvalue weighted by molar-refractivity contribution is 5.81. The largest absolute Gasteiger partial charge is 0.383 e. The maximum Gasteiger partial charge on any atom is 0.249 e. The Morgan fingerprint density at radius 1 is 1.21 bits per heavy atom. The van der Waals surface area contributed by atoms with E-state index in [1.807, 2.05) is 0 Å². The molecule has 1 aliphatic heterocycles. The zero-order valence-electron chi connectivity index (χ0n) is 13.7. The first-order valence-corrected chi connectivity index (χ1v) is 8.67. The van der Waals surface area contributed by atoms with Crippen molar-refractivity contribution < 1.29 is 18.7 Å². The number of halogens is 2. The van der Waals surface area contributed by atoms with Gasteiger partial charge in [-0.3, -0.25) is 4.79 Å². The number of carbonyl (C=O) groups is 1. The van der Waals surface area contributed by atoms with E-state index in [1.54, 1.807) is 6.07 Å². The number of aliphatic hydroxyl groups is 1. The van der Waals surface area contributed by atoms with Gasteiger partial charge < -0.3 is 15.3 Å². The number of hydrogen-bond acceptors (Lipinski definition) is 3. The Bertz CT molecular complexity index is 584. The number of aliphatic hydroxyl groups excluding tert-OH is 1. The van der Waals surface area contributed by atoms with Crippen LogP contribution in [-0.2, 0) is 11.2 Å². The number of carbonyl (C=O) groups excluding carboxylic acids is 1. The first-order valence-electron chi connectivity index (χ1n) is 8.67. The summed E-state index contributed by atoms with van der Waals surface area (Å²) >= 11 is 0. The second-order valence-corrected chi connectivity index (χ2v) is 6.91. The van der Waals surface area contributed by atoms with E-state index in [2.05, 4.69) is 10.2 Å². The van der Waals surface area contributed by atoms with Crippen molar-refractivity contribution >= 4 is 5.91 Å². The molecule has 24 heavy (non-hydrogen) atoms. The Balaban J connectivity index is 1.41. The SMILES string of the molecule is O=C(NC1CC1)[C@@H](O)C1CCN(CCc2ccc(F)c(F)c2)CC1. The standard InChI is InChI=1S/C18H24F2N2O2/c19-15-4-1-12(11-16(15)20)5-8-22-9-6-13(7-10-22)17(23)18(24)21-14-2-3-14/h1,4,11,13-14,17,23H,2-3,5-10H2,(H,21,24)/t17-/m0/s1. The van der Waals surface area contributed by atoms with Gasteiger partial charge in [-0.15, -0.1) is 0 Å². The summed E-state index contributed by atoms with van der Waals surface area (Å²) < 4.78 is 26.1. The lowest BCUT2D eigenvalue weighted by atomic mass is 9.90. The van der Waals surface area contributed by atoms with Crippen molar-refractivity contribution in [1.29, 1.82) is 0 Å². The van der Waals surface area contributed by atoms with Gasteiger partial charge in [0.25, 0.3) is 0 Å². The summed E-state index contributed by atoms with van der Waals surface area (Å²) in [7, 11) is 0. The Hall–Kier alpha value is -1.53. The van der Waals surface area contributed by atoms with Crippen molar-refractivity contribution in [2.75, 3.05) is 19.6 Å². The molecule has 0 spiro atoms. The molecule has 4 nitrogen and oxygen atoms in total. The molecule has 1 heterocycles. The molecule has 0 unspecified atom stereocenters. The van der Waals surface area contributed by atoms with E-state index in [1.165, 1.54) is 6.07 Å². The van der Waals surface area contributed by atoms with Gasteiger partial charge in [-0.1, -0.05) is 6.07 Å². The van der Waals surface area contributed by atoms with E-state index < -0.39 is 17.7 Å². The van der Waals surface area contributed by atoms with E-state index >= 15 is 0 Å². The Morgan fingerprint density at radius 2 is 1.92 bits per heavy atom. The second-order valence-electron chi connectivity index (χ2n) is 6.91. The molecule has 6 heteroatoms. The Morgan fingerprint density at radius 3 is 2.54 bits per heavy atom. The van der Waals surface area contributed by atoms with E-state index in [0.29, 0.717) is 6.42 Å². The molecular formula is C18H24F2N2O2. The van der Waals surface area contributed by atoms with Gasteiger partial charge in [0.1, 0.15) is 6.10 Å². The van der Waals surface area contributed by atoms with Crippen LogP contribution >= 0.6 is 0 Å². The molecule has 2 fully saturated rings.